The summed E-state index contributed by atoms with van der Waals surface area (Å²) in [7, 11) is 0. The fraction of sp³-hybridized carbons (Fsp3) is 0. The molecule has 4 nitrogen and oxygen atoms in total. The third kappa shape index (κ3) is 4.66. The molecule has 0 saturated heterocycles. The lowest BCUT2D eigenvalue weighted by Crippen LogP contribution is -2.01. The number of nitriles is 1. The average molecular weight is 647 g/mol. The van der Waals surface area contributed by atoms with E-state index in [1.165, 1.54) is 5.56 Å². The third-order valence-corrected chi connectivity index (χ3v) is 9.79. The number of benzene rings is 8. The second-order valence-electron chi connectivity index (χ2n) is 12.6. The van der Waals surface area contributed by atoms with E-state index in [1.54, 1.807) is 6.07 Å². The summed E-state index contributed by atoms with van der Waals surface area (Å²) in [4.78, 5) is 7.75. The van der Waals surface area contributed by atoms with Crippen molar-refractivity contribution in [2.45, 2.75) is 0 Å². The van der Waals surface area contributed by atoms with E-state index in [-0.39, 0.29) is 0 Å². The summed E-state index contributed by atoms with van der Waals surface area (Å²) in [6.45, 7) is 16.2. The molecule has 4 heteroatoms. The Morgan fingerprint density at radius 1 is 0.451 bits per heavy atom. The van der Waals surface area contributed by atoms with Gasteiger partial charge in [-0.1, -0.05) is 115 Å². The van der Waals surface area contributed by atoms with E-state index >= 15 is 0 Å². The third-order valence-electron chi connectivity index (χ3n) is 9.79. The van der Waals surface area contributed by atoms with Crippen molar-refractivity contribution in [3.63, 3.8) is 0 Å². The number of fused-ring (bicyclic) bond motifs is 5. The van der Waals surface area contributed by atoms with Crippen LogP contribution >= 0.6 is 0 Å². The Labute approximate surface area is 294 Å². The summed E-state index contributed by atoms with van der Waals surface area (Å²) in [5.74, 6) is 0. The van der Waals surface area contributed by atoms with E-state index in [0.717, 1.165) is 65.6 Å². The number of para-hydroxylation sites is 2. The number of hydrogen-bond donors (Lipinski definition) is 0. The standard InChI is InChI=1S/C47H26N4/c1-49-34-25-31(42-28-35(50-2)27-33(29-48)47(42)51-43-22-12-10-16-36(43)37-17-11-13-23-44(37)51)24-32(26-34)46-40-20-8-6-18-38(40)45(30-14-4-3-5-15-30)39-19-7-9-21-41(39)46/h3-28H. The van der Waals surface area contributed by atoms with Gasteiger partial charge in [-0.25, -0.2) is 9.69 Å². The lowest BCUT2D eigenvalue weighted by atomic mass is 9.85. The van der Waals surface area contributed by atoms with Gasteiger partial charge in [0.05, 0.1) is 35.4 Å². The second-order valence-corrected chi connectivity index (χ2v) is 12.6. The Bertz CT molecular complexity index is 2890. The highest BCUT2D eigenvalue weighted by Gasteiger charge is 2.22. The Kier molecular flexibility index (Phi) is 6.93. The first-order valence-corrected chi connectivity index (χ1v) is 16.6. The molecule has 0 aliphatic carbocycles. The maximum atomic E-state index is 10.6. The largest absolute Gasteiger partial charge is 0.307 e. The minimum Gasteiger partial charge on any atom is -0.307 e. The van der Waals surface area contributed by atoms with Gasteiger partial charge in [0, 0.05) is 10.8 Å². The number of rotatable bonds is 4. The molecule has 0 aliphatic heterocycles. The van der Waals surface area contributed by atoms with Gasteiger partial charge in [0.1, 0.15) is 6.07 Å². The number of aromatic nitrogens is 1. The molecule has 0 amide bonds. The van der Waals surface area contributed by atoms with Crippen LogP contribution < -0.4 is 0 Å². The maximum Gasteiger partial charge on any atom is 0.189 e. The van der Waals surface area contributed by atoms with Crippen LogP contribution in [0.5, 0.6) is 0 Å². The lowest BCUT2D eigenvalue weighted by molar-refractivity contribution is 1.17. The molecule has 9 rings (SSSR count). The summed E-state index contributed by atoms with van der Waals surface area (Å²) in [5.41, 5.74) is 9.55. The summed E-state index contributed by atoms with van der Waals surface area (Å²) in [5, 5.41) is 17.2. The number of hydrogen-bond acceptors (Lipinski definition) is 1. The van der Waals surface area contributed by atoms with Crippen LogP contribution in [-0.2, 0) is 0 Å². The van der Waals surface area contributed by atoms with Crippen molar-refractivity contribution in [2.75, 3.05) is 0 Å². The SMILES string of the molecule is [C-]#[N+]c1cc(-c2cc([N+]#[C-])cc(C#N)c2-n2c3ccccc3c3ccccc32)cc(-c2c3ccccc3c(-c3ccccc3)c3ccccc23)c1. The van der Waals surface area contributed by atoms with Crippen molar-refractivity contribution < 1.29 is 0 Å². The molecule has 9 aromatic rings. The highest BCUT2D eigenvalue weighted by molar-refractivity contribution is 6.21. The van der Waals surface area contributed by atoms with Crippen LogP contribution in [0.1, 0.15) is 5.56 Å². The van der Waals surface area contributed by atoms with Gasteiger partial charge in [-0.15, -0.1) is 0 Å². The first-order chi connectivity index (χ1) is 25.2. The van der Waals surface area contributed by atoms with Gasteiger partial charge < -0.3 is 4.57 Å². The Hall–Kier alpha value is -7.45. The van der Waals surface area contributed by atoms with Crippen molar-refractivity contribution in [3.05, 3.63) is 186 Å². The molecular weight excluding hydrogens is 621 g/mol. The summed E-state index contributed by atoms with van der Waals surface area (Å²) >= 11 is 0. The summed E-state index contributed by atoms with van der Waals surface area (Å²) in [6.07, 6.45) is 0. The van der Waals surface area contributed by atoms with Crippen LogP contribution in [0.4, 0.5) is 11.4 Å². The maximum absolute atomic E-state index is 10.6. The molecule has 0 radical (unpaired) electrons. The van der Waals surface area contributed by atoms with Crippen LogP contribution in [0.25, 0.3) is 92.1 Å². The van der Waals surface area contributed by atoms with Crippen molar-refractivity contribution in [1.82, 2.24) is 4.57 Å². The average Bonchev–Trinajstić information content (AvgIpc) is 3.53. The molecule has 0 N–H and O–H groups in total. The van der Waals surface area contributed by atoms with Crippen molar-refractivity contribution in [2.24, 2.45) is 0 Å². The van der Waals surface area contributed by atoms with Crippen molar-refractivity contribution >= 4 is 54.7 Å². The zero-order valence-corrected chi connectivity index (χ0v) is 27.3. The summed E-state index contributed by atoms with van der Waals surface area (Å²) < 4.78 is 2.13. The topological polar surface area (TPSA) is 37.4 Å². The molecule has 0 fully saturated rings. The fourth-order valence-electron chi connectivity index (χ4n) is 7.72. The van der Waals surface area contributed by atoms with Crippen LogP contribution in [-0.4, -0.2) is 4.57 Å². The van der Waals surface area contributed by atoms with Crippen LogP contribution in [0, 0.1) is 24.5 Å². The van der Waals surface area contributed by atoms with Crippen molar-refractivity contribution in [1.29, 1.82) is 5.26 Å². The molecule has 0 bridgehead atoms. The molecule has 0 saturated carbocycles. The molecule has 0 aliphatic rings. The monoisotopic (exact) mass is 646 g/mol. The molecule has 1 aromatic heterocycles. The van der Waals surface area contributed by atoms with Gasteiger partial charge >= 0.3 is 0 Å². The molecule has 51 heavy (non-hydrogen) atoms. The van der Waals surface area contributed by atoms with Gasteiger partial charge in [-0.2, -0.15) is 5.26 Å². The molecule has 8 aromatic carbocycles. The Morgan fingerprint density at radius 2 is 0.902 bits per heavy atom. The highest BCUT2D eigenvalue weighted by Crippen LogP contribution is 2.46. The Morgan fingerprint density at radius 3 is 1.43 bits per heavy atom. The van der Waals surface area contributed by atoms with E-state index in [9.17, 15) is 5.26 Å². The molecule has 0 spiro atoms. The van der Waals surface area contributed by atoms with Gasteiger partial charge in [-0.3, -0.25) is 0 Å². The minimum absolute atomic E-state index is 0.365. The van der Waals surface area contributed by atoms with Crippen LogP contribution in [0.3, 0.4) is 0 Å². The first kappa shape index (κ1) is 29.7. The number of nitrogens with zero attached hydrogens (tertiary/aromatic N) is 4. The predicted molar refractivity (Wildman–Crippen MR) is 209 cm³/mol. The fourth-order valence-corrected chi connectivity index (χ4v) is 7.72. The molecule has 0 unspecified atom stereocenters. The van der Waals surface area contributed by atoms with E-state index < -0.39 is 0 Å². The summed E-state index contributed by atoms with van der Waals surface area (Å²) in [6, 6.07) is 55.7. The zero-order chi connectivity index (χ0) is 34.5. The highest BCUT2D eigenvalue weighted by atomic mass is 15.0. The van der Waals surface area contributed by atoms with E-state index in [0.29, 0.717) is 28.2 Å². The Balaban J connectivity index is 1.40. The van der Waals surface area contributed by atoms with Crippen LogP contribution in [0.15, 0.2) is 158 Å². The van der Waals surface area contributed by atoms with Crippen molar-refractivity contribution in [3.8, 4) is 45.1 Å². The van der Waals surface area contributed by atoms with Gasteiger partial charge in [0.2, 0.25) is 0 Å². The van der Waals surface area contributed by atoms with Gasteiger partial charge in [0.15, 0.2) is 11.4 Å². The van der Waals surface area contributed by atoms with Gasteiger partial charge in [-0.05, 0) is 97.4 Å². The minimum atomic E-state index is 0.365. The van der Waals surface area contributed by atoms with E-state index in [4.69, 9.17) is 13.1 Å². The smallest absolute Gasteiger partial charge is 0.189 e. The molecular formula is C47H26N4. The second kappa shape index (κ2) is 11.9. The zero-order valence-electron chi connectivity index (χ0n) is 27.3. The van der Waals surface area contributed by atoms with E-state index in [1.807, 2.05) is 48.5 Å². The van der Waals surface area contributed by atoms with Gasteiger partial charge in [0.25, 0.3) is 0 Å². The molecule has 234 valence electrons. The van der Waals surface area contributed by atoms with Crippen LogP contribution in [0.2, 0.25) is 0 Å². The molecule has 1 heterocycles. The normalized spacial score (nSPS) is 11.1. The lowest BCUT2D eigenvalue weighted by Gasteiger charge is -2.20. The molecule has 0 atom stereocenters. The first-order valence-electron chi connectivity index (χ1n) is 16.6. The van der Waals surface area contributed by atoms with E-state index in [2.05, 4.69) is 123 Å². The quantitative estimate of drug-likeness (QED) is 0.138. The predicted octanol–water partition coefficient (Wildman–Crippen LogP) is 13.1.